The molecule has 5 rings (SSSR count). The van der Waals surface area contributed by atoms with Crippen molar-refractivity contribution in [1.82, 2.24) is 4.98 Å². The topological polar surface area (TPSA) is 111 Å². The van der Waals surface area contributed by atoms with Gasteiger partial charge in [-0.15, -0.1) is 0 Å². The van der Waals surface area contributed by atoms with Gasteiger partial charge in [0.2, 0.25) is 11.8 Å². The number of nitrogens with one attached hydrogen (secondary N) is 1. The SMILES string of the molecule is Cc1cc(C)c2oc(-c3ccc(Cl)c(NC(=O)/C=C/c4ccc(-c5ccccc5[N+](=O)[O-])o4)c3)nc2c1. The van der Waals surface area contributed by atoms with Crippen molar-refractivity contribution in [3.05, 3.63) is 105 Å². The lowest BCUT2D eigenvalue weighted by Crippen LogP contribution is -2.08. The molecule has 0 aliphatic carbocycles. The van der Waals surface area contributed by atoms with Gasteiger partial charge in [0.25, 0.3) is 5.69 Å². The molecule has 0 radical (unpaired) electrons. The van der Waals surface area contributed by atoms with Crippen LogP contribution in [0.2, 0.25) is 5.02 Å². The fraction of sp³-hybridized carbons (Fsp3) is 0.0714. The Morgan fingerprint density at radius 2 is 1.86 bits per heavy atom. The van der Waals surface area contributed by atoms with E-state index in [1.807, 2.05) is 26.0 Å². The summed E-state index contributed by atoms with van der Waals surface area (Å²) in [7, 11) is 0. The number of para-hydroxylation sites is 1. The Bertz CT molecular complexity index is 1700. The molecule has 0 aliphatic rings. The zero-order valence-corrected chi connectivity index (χ0v) is 20.6. The number of oxazole rings is 1. The van der Waals surface area contributed by atoms with E-state index in [0.29, 0.717) is 44.8 Å². The average molecular weight is 514 g/mol. The quantitative estimate of drug-likeness (QED) is 0.142. The van der Waals surface area contributed by atoms with Crippen LogP contribution >= 0.6 is 11.6 Å². The van der Waals surface area contributed by atoms with Crippen LogP contribution in [-0.4, -0.2) is 15.8 Å². The number of halogens is 1. The number of aryl methyl sites for hydroxylation is 2. The van der Waals surface area contributed by atoms with Crippen LogP contribution in [0, 0.1) is 24.0 Å². The molecule has 1 amide bonds. The normalized spacial score (nSPS) is 11.3. The highest BCUT2D eigenvalue weighted by atomic mass is 35.5. The van der Waals surface area contributed by atoms with Gasteiger partial charge in [0.05, 0.1) is 21.2 Å². The second-order valence-corrected chi connectivity index (χ2v) is 8.85. The first-order valence-electron chi connectivity index (χ1n) is 11.3. The van der Waals surface area contributed by atoms with Crippen molar-refractivity contribution in [2.45, 2.75) is 13.8 Å². The van der Waals surface area contributed by atoms with Crippen LogP contribution in [0.15, 0.2) is 81.6 Å². The maximum absolute atomic E-state index is 12.6. The summed E-state index contributed by atoms with van der Waals surface area (Å²) in [5.74, 6) is 0.670. The zero-order valence-electron chi connectivity index (χ0n) is 19.8. The number of furan rings is 1. The van der Waals surface area contributed by atoms with Crippen LogP contribution in [0.1, 0.15) is 16.9 Å². The van der Waals surface area contributed by atoms with Crippen molar-refractivity contribution in [1.29, 1.82) is 0 Å². The van der Waals surface area contributed by atoms with Crippen LogP contribution in [0.4, 0.5) is 11.4 Å². The second-order valence-electron chi connectivity index (χ2n) is 8.44. The minimum atomic E-state index is -0.470. The fourth-order valence-electron chi connectivity index (χ4n) is 4.01. The third-order valence-electron chi connectivity index (χ3n) is 5.68. The predicted molar refractivity (Wildman–Crippen MR) is 142 cm³/mol. The lowest BCUT2D eigenvalue weighted by Gasteiger charge is -2.06. The summed E-state index contributed by atoms with van der Waals surface area (Å²) in [6, 6.07) is 18.6. The number of anilines is 1. The maximum atomic E-state index is 12.6. The molecule has 8 nitrogen and oxygen atoms in total. The van der Waals surface area contributed by atoms with Crippen molar-refractivity contribution in [2.24, 2.45) is 0 Å². The smallest absolute Gasteiger partial charge is 0.280 e. The highest BCUT2D eigenvalue weighted by Crippen LogP contribution is 2.33. The molecule has 1 N–H and O–H groups in total. The van der Waals surface area contributed by atoms with Gasteiger partial charge in [0.15, 0.2) is 5.58 Å². The number of hydrogen-bond donors (Lipinski definition) is 1. The molecule has 0 unspecified atom stereocenters. The highest BCUT2D eigenvalue weighted by molar-refractivity contribution is 6.34. The van der Waals surface area contributed by atoms with Gasteiger partial charge in [-0.3, -0.25) is 14.9 Å². The van der Waals surface area contributed by atoms with Crippen molar-refractivity contribution in [3.8, 4) is 22.8 Å². The number of carbonyl (C=O) groups excluding carboxylic acids is 1. The molecule has 5 aromatic rings. The Kier molecular flexibility index (Phi) is 6.33. The fourth-order valence-corrected chi connectivity index (χ4v) is 4.18. The third-order valence-corrected chi connectivity index (χ3v) is 6.01. The minimum Gasteiger partial charge on any atom is -0.456 e. The molecule has 0 fully saturated rings. The van der Waals surface area contributed by atoms with Crippen molar-refractivity contribution in [2.75, 3.05) is 5.32 Å². The van der Waals surface area contributed by atoms with Crippen LogP contribution in [0.3, 0.4) is 0 Å². The number of nitro benzene ring substituents is 1. The first kappa shape index (κ1) is 24.0. The Morgan fingerprint density at radius 3 is 2.68 bits per heavy atom. The number of fused-ring (bicyclic) bond motifs is 1. The Morgan fingerprint density at radius 1 is 1.05 bits per heavy atom. The molecular formula is C28H20ClN3O5. The van der Waals surface area contributed by atoms with E-state index in [1.54, 1.807) is 48.5 Å². The lowest BCUT2D eigenvalue weighted by molar-refractivity contribution is -0.384. The average Bonchev–Trinajstić information content (AvgIpc) is 3.52. The molecule has 2 aromatic heterocycles. The minimum absolute atomic E-state index is 0.0658. The number of nitro groups is 1. The monoisotopic (exact) mass is 513 g/mol. The lowest BCUT2D eigenvalue weighted by atomic mass is 10.1. The number of carbonyl (C=O) groups is 1. The number of benzene rings is 3. The van der Waals surface area contributed by atoms with E-state index in [9.17, 15) is 14.9 Å². The van der Waals surface area contributed by atoms with E-state index in [-0.39, 0.29) is 5.69 Å². The number of amides is 1. The van der Waals surface area contributed by atoms with E-state index < -0.39 is 10.8 Å². The summed E-state index contributed by atoms with van der Waals surface area (Å²) in [5, 5.41) is 14.4. The van der Waals surface area contributed by atoms with Crippen LogP contribution < -0.4 is 5.32 Å². The third kappa shape index (κ3) is 5.00. The molecule has 0 bridgehead atoms. The summed E-state index contributed by atoms with van der Waals surface area (Å²) >= 11 is 6.32. The van der Waals surface area contributed by atoms with E-state index in [0.717, 1.165) is 16.6 Å². The molecule has 37 heavy (non-hydrogen) atoms. The van der Waals surface area contributed by atoms with Gasteiger partial charge in [-0.25, -0.2) is 4.98 Å². The zero-order chi connectivity index (χ0) is 26.1. The molecule has 184 valence electrons. The summed E-state index contributed by atoms with van der Waals surface area (Å²) in [6.07, 6.45) is 2.76. The van der Waals surface area contributed by atoms with E-state index in [4.69, 9.17) is 20.4 Å². The predicted octanol–water partition coefficient (Wildman–Crippen LogP) is 7.59. The number of aromatic nitrogens is 1. The van der Waals surface area contributed by atoms with Crippen molar-refractivity contribution in [3.63, 3.8) is 0 Å². The molecule has 2 heterocycles. The van der Waals surface area contributed by atoms with Crippen LogP contribution in [-0.2, 0) is 4.79 Å². The van der Waals surface area contributed by atoms with E-state index >= 15 is 0 Å². The second kappa shape index (κ2) is 9.75. The molecule has 0 spiro atoms. The van der Waals surface area contributed by atoms with Crippen LogP contribution in [0.5, 0.6) is 0 Å². The van der Waals surface area contributed by atoms with Crippen molar-refractivity contribution >= 4 is 46.1 Å². The number of hydrogen-bond acceptors (Lipinski definition) is 6. The molecule has 9 heteroatoms. The largest absolute Gasteiger partial charge is 0.456 e. The summed E-state index contributed by atoms with van der Waals surface area (Å²) < 4.78 is 11.7. The van der Waals surface area contributed by atoms with E-state index in [1.165, 1.54) is 18.2 Å². The van der Waals surface area contributed by atoms with Gasteiger partial charge < -0.3 is 14.2 Å². The summed E-state index contributed by atoms with van der Waals surface area (Å²) in [5.41, 5.74) is 4.89. The van der Waals surface area contributed by atoms with Gasteiger partial charge in [0.1, 0.15) is 17.0 Å². The maximum Gasteiger partial charge on any atom is 0.280 e. The molecule has 0 saturated carbocycles. The summed E-state index contributed by atoms with van der Waals surface area (Å²) in [4.78, 5) is 28.0. The van der Waals surface area contributed by atoms with Crippen LogP contribution in [0.25, 0.3) is 40.0 Å². The van der Waals surface area contributed by atoms with E-state index in [2.05, 4.69) is 10.3 Å². The molecule has 0 saturated heterocycles. The molecule has 0 atom stereocenters. The molecule has 0 aliphatic heterocycles. The molecule has 3 aromatic carbocycles. The van der Waals surface area contributed by atoms with Gasteiger partial charge in [-0.05, 0) is 73.5 Å². The first-order valence-corrected chi connectivity index (χ1v) is 11.7. The first-order chi connectivity index (χ1) is 17.8. The van der Waals surface area contributed by atoms with Gasteiger partial charge in [0, 0.05) is 17.7 Å². The highest BCUT2D eigenvalue weighted by Gasteiger charge is 2.17. The van der Waals surface area contributed by atoms with Gasteiger partial charge >= 0.3 is 0 Å². The Balaban J connectivity index is 1.34. The Hall–Kier alpha value is -4.69. The standard InChI is InChI=1S/C28H20ClN3O5/c1-16-13-17(2)27-23(14-16)31-28(37-27)18-7-10-21(29)22(15-18)30-26(33)12-9-19-8-11-25(36-19)20-5-3-4-6-24(20)32(34)35/h3-15H,1-2H3,(H,30,33)/b12-9+. The van der Waals surface area contributed by atoms with Gasteiger partial charge in [-0.2, -0.15) is 0 Å². The summed E-state index contributed by atoms with van der Waals surface area (Å²) in [6.45, 7) is 3.96. The number of rotatable bonds is 6. The number of nitrogens with zero attached hydrogens (tertiary/aromatic N) is 2. The molecular weight excluding hydrogens is 494 g/mol. The Labute approximate surface area is 216 Å². The van der Waals surface area contributed by atoms with Crippen molar-refractivity contribution < 1.29 is 18.6 Å². The van der Waals surface area contributed by atoms with Gasteiger partial charge in [-0.1, -0.05) is 29.8 Å².